The highest BCUT2D eigenvalue weighted by molar-refractivity contribution is 7.92. The monoisotopic (exact) mass is 609 g/mol. The van der Waals surface area contributed by atoms with Gasteiger partial charge in [-0.1, -0.05) is 67.8 Å². The third-order valence-electron chi connectivity index (χ3n) is 7.19. The number of unbranched alkanes of at least 4 members (excludes halogenated alkanes) is 1. The maximum absolute atomic E-state index is 14.2. The van der Waals surface area contributed by atoms with Crippen molar-refractivity contribution in [3.63, 3.8) is 0 Å². The molecule has 0 saturated carbocycles. The van der Waals surface area contributed by atoms with Gasteiger partial charge in [0, 0.05) is 19.2 Å². The Hall–Kier alpha value is -4.05. The van der Waals surface area contributed by atoms with Crippen LogP contribution in [0.4, 0.5) is 5.69 Å². The summed E-state index contributed by atoms with van der Waals surface area (Å²) in [5.41, 5.74) is 2.98. The average molecular weight is 610 g/mol. The number of hydrogen-bond acceptors (Lipinski definition) is 6. The molecule has 0 fully saturated rings. The number of rotatable bonds is 15. The smallest absolute Gasteiger partial charge is 0.264 e. The lowest BCUT2D eigenvalue weighted by molar-refractivity contribution is -0.140. The lowest BCUT2D eigenvalue weighted by Gasteiger charge is -2.33. The lowest BCUT2D eigenvalue weighted by atomic mass is 10.1. The van der Waals surface area contributed by atoms with Gasteiger partial charge in [-0.3, -0.25) is 13.9 Å². The van der Waals surface area contributed by atoms with Crippen molar-refractivity contribution in [3.05, 3.63) is 83.4 Å². The Bertz CT molecular complexity index is 1490. The van der Waals surface area contributed by atoms with E-state index >= 15 is 0 Å². The standard InChI is InChI=1S/C33H43N3O6S/c1-7-9-19-34-33(38)29(8-2)35(22-26-12-10-11-25(4)20-26)32(37)23-36(27-15-18-30(41-5)31(21-27)42-6)43(39,40)28-16-13-24(3)14-17-28/h10-18,20-21,29H,7-9,19,22-23H2,1-6H3,(H,34,38)/t29-/m0/s1. The van der Waals surface area contributed by atoms with Gasteiger partial charge in [0.2, 0.25) is 11.8 Å². The minimum Gasteiger partial charge on any atom is -0.493 e. The number of aryl methyl sites for hydroxylation is 2. The molecule has 0 bridgehead atoms. The highest BCUT2D eigenvalue weighted by Crippen LogP contribution is 2.34. The van der Waals surface area contributed by atoms with Gasteiger partial charge < -0.3 is 19.7 Å². The molecule has 0 saturated heterocycles. The molecule has 0 aromatic heterocycles. The summed E-state index contributed by atoms with van der Waals surface area (Å²) in [6, 6.07) is 18.0. The van der Waals surface area contributed by atoms with Crippen LogP contribution in [0.3, 0.4) is 0 Å². The number of sulfonamides is 1. The van der Waals surface area contributed by atoms with Crippen molar-refractivity contribution in [1.29, 1.82) is 0 Å². The normalized spacial score (nSPS) is 11.9. The summed E-state index contributed by atoms with van der Waals surface area (Å²) in [7, 11) is -1.26. The molecule has 43 heavy (non-hydrogen) atoms. The van der Waals surface area contributed by atoms with E-state index in [2.05, 4.69) is 5.32 Å². The van der Waals surface area contributed by atoms with Gasteiger partial charge in [-0.25, -0.2) is 8.42 Å². The highest BCUT2D eigenvalue weighted by atomic mass is 32.2. The zero-order chi connectivity index (χ0) is 31.6. The molecule has 0 aliphatic heterocycles. The second-order valence-corrected chi connectivity index (χ2v) is 12.3. The van der Waals surface area contributed by atoms with E-state index in [1.54, 1.807) is 24.3 Å². The topological polar surface area (TPSA) is 105 Å². The molecular weight excluding hydrogens is 566 g/mol. The van der Waals surface area contributed by atoms with Crippen LogP contribution in [0.15, 0.2) is 71.6 Å². The molecular formula is C33H43N3O6S. The van der Waals surface area contributed by atoms with Crippen LogP contribution in [-0.4, -0.2) is 58.5 Å². The Morgan fingerprint density at radius 1 is 0.884 bits per heavy atom. The molecule has 1 atom stereocenters. The van der Waals surface area contributed by atoms with E-state index in [9.17, 15) is 18.0 Å². The number of carbonyl (C=O) groups excluding carboxylic acids is 2. The number of methoxy groups -OCH3 is 2. The molecule has 232 valence electrons. The Kier molecular flexibility index (Phi) is 12.0. The zero-order valence-corrected chi connectivity index (χ0v) is 26.7. The van der Waals surface area contributed by atoms with Crippen LogP contribution in [0.1, 0.15) is 49.8 Å². The molecule has 0 heterocycles. The first-order valence-electron chi connectivity index (χ1n) is 14.5. The van der Waals surface area contributed by atoms with E-state index in [0.717, 1.165) is 33.8 Å². The van der Waals surface area contributed by atoms with Gasteiger partial charge in [0.15, 0.2) is 11.5 Å². The van der Waals surface area contributed by atoms with Crippen LogP contribution < -0.4 is 19.1 Å². The van der Waals surface area contributed by atoms with Crippen molar-refractivity contribution in [3.8, 4) is 11.5 Å². The summed E-state index contributed by atoms with van der Waals surface area (Å²) in [4.78, 5) is 29.1. The number of nitrogens with zero attached hydrogens (tertiary/aromatic N) is 2. The van der Waals surface area contributed by atoms with Crippen molar-refractivity contribution < 1.29 is 27.5 Å². The van der Waals surface area contributed by atoms with E-state index in [1.807, 2.05) is 52.0 Å². The van der Waals surface area contributed by atoms with Gasteiger partial charge in [0.25, 0.3) is 10.0 Å². The van der Waals surface area contributed by atoms with E-state index in [4.69, 9.17) is 9.47 Å². The zero-order valence-electron chi connectivity index (χ0n) is 25.9. The summed E-state index contributed by atoms with van der Waals surface area (Å²) >= 11 is 0. The second-order valence-electron chi connectivity index (χ2n) is 10.4. The number of nitrogens with one attached hydrogen (secondary N) is 1. The number of carbonyl (C=O) groups is 2. The lowest BCUT2D eigenvalue weighted by Crippen LogP contribution is -2.52. The molecule has 2 amide bonds. The number of anilines is 1. The molecule has 0 aliphatic carbocycles. The third-order valence-corrected chi connectivity index (χ3v) is 8.98. The average Bonchev–Trinajstić information content (AvgIpc) is 2.99. The Morgan fingerprint density at radius 3 is 2.19 bits per heavy atom. The van der Waals surface area contributed by atoms with Crippen molar-refractivity contribution in [2.24, 2.45) is 0 Å². The van der Waals surface area contributed by atoms with Crippen LogP contribution in [0.5, 0.6) is 11.5 Å². The van der Waals surface area contributed by atoms with Crippen LogP contribution >= 0.6 is 0 Å². The molecule has 0 spiro atoms. The fourth-order valence-electron chi connectivity index (χ4n) is 4.78. The maximum atomic E-state index is 14.2. The van der Waals surface area contributed by atoms with Crippen LogP contribution in [0, 0.1) is 13.8 Å². The molecule has 1 N–H and O–H groups in total. The van der Waals surface area contributed by atoms with E-state index in [0.29, 0.717) is 24.5 Å². The van der Waals surface area contributed by atoms with E-state index < -0.39 is 28.5 Å². The Labute approximate surface area is 255 Å². The predicted molar refractivity (Wildman–Crippen MR) is 169 cm³/mol. The van der Waals surface area contributed by atoms with Crippen LogP contribution in [0.2, 0.25) is 0 Å². The predicted octanol–water partition coefficient (Wildman–Crippen LogP) is 5.24. The maximum Gasteiger partial charge on any atom is 0.264 e. The summed E-state index contributed by atoms with van der Waals surface area (Å²) in [5.74, 6) is -0.0449. The number of hydrogen-bond donors (Lipinski definition) is 1. The molecule has 0 radical (unpaired) electrons. The molecule has 0 unspecified atom stereocenters. The fraction of sp³-hybridized carbons (Fsp3) is 0.394. The summed E-state index contributed by atoms with van der Waals surface area (Å²) < 4.78 is 40.1. The quantitative estimate of drug-likeness (QED) is 0.236. The van der Waals surface area contributed by atoms with Crippen LogP contribution in [0.25, 0.3) is 0 Å². The highest BCUT2D eigenvalue weighted by Gasteiger charge is 2.34. The number of amides is 2. The van der Waals surface area contributed by atoms with Crippen molar-refractivity contribution in [2.45, 2.75) is 64.4 Å². The second kappa shape index (κ2) is 15.4. The first kappa shape index (κ1) is 33.5. The van der Waals surface area contributed by atoms with E-state index in [1.165, 1.54) is 37.3 Å². The Morgan fingerprint density at radius 2 is 1.58 bits per heavy atom. The summed E-state index contributed by atoms with van der Waals surface area (Å²) in [5, 5.41) is 2.95. The van der Waals surface area contributed by atoms with E-state index in [-0.39, 0.29) is 23.0 Å². The fourth-order valence-corrected chi connectivity index (χ4v) is 6.19. The van der Waals surface area contributed by atoms with Gasteiger partial charge >= 0.3 is 0 Å². The SMILES string of the molecule is CCCCNC(=O)[C@H](CC)N(Cc1cccc(C)c1)C(=O)CN(c1ccc(OC)c(OC)c1)S(=O)(=O)c1ccc(C)cc1. The summed E-state index contributed by atoms with van der Waals surface area (Å²) in [6.45, 7) is 7.81. The first-order chi connectivity index (χ1) is 20.5. The molecule has 0 aliphatic rings. The largest absolute Gasteiger partial charge is 0.493 e. The van der Waals surface area contributed by atoms with Gasteiger partial charge in [-0.15, -0.1) is 0 Å². The van der Waals surface area contributed by atoms with Crippen molar-refractivity contribution in [1.82, 2.24) is 10.2 Å². The Balaban J connectivity index is 2.10. The van der Waals surface area contributed by atoms with Gasteiger partial charge in [0.1, 0.15) is 12.6 Å². The minimum atomic E-state index is -4.20. The van der Waals surface area contributed by atoms with Crippen molar-refractivity contribution in [2.75, 3.05) is 31.6 Å². The molecule has 3 aromatic carbocycles. The summed E-state index contributed by atoms with van der Waals surface area (Å²) in [6.07, 6.45) is 2.09. The van der Waals surface area contributed by atoms with Gasteiger partial charge in [-0.05, 0) is 56.5 Å². The molecule has 9 nitrogen and oxygen atoms in total. The first-order valence-corrected chi connectivity index (χ1v) is 15.9. The molecule has 3 aromatic rings. The van der Waals surface area contributed by atoms with Crippen LogP contribution in [-0.2, 0) is 26.2 Å². The number of benzene rings is 3. The van der Waals surface area contributed by atoms with Gasteiger partial charge in [0.05, 0.1) is 24.8 Å². The van der Waals surface area contributed by atoms with Gasteiger partial charge in [-0.2, -0.15) is 0 Å². The van der Waals surface area contributed by atoms with Crippen molar-refractivity contribution >= 4 is 27.5 Å². The third kappa shape index (κ3) is 8.50. The molecule has 3 rings (SSSR count). The molecule has 10 heteroatoms. The number of ether oxygens (including phenoxy) is 2. The minimum absolute atomic E-state index is 0.0373.